The third-order valence-corrected chi connectivity index (χ3v) is 9.02. The minimum Gasteiger partial charge on any atom is -0.508 e. The van der Waals surface area contributed by atoms with Crippen molar-refractivity contribution in [1.29, 1.82) is 0 Å². The fraction of sp³-hybridized carbons (Fsp3) is 0. The van der Waals surface area contributed by atoms with Crippen LogP contribution in [-0.2, 0) is 0 Å². The molecule has 0 aliphatic carbocycles. The van der Waals surface area contributed by atoms with Crippen LogP contribution in [-0.4, -0.2) is 19.3 Å². The zero-order valence-electron chi connectivity index (χ0n) is 24.8. The van der Waals surface area contributed by atoms with E-state index in [0.29, 0.717) is 0 Å². The Kier molecular flexibility index (Phi) is 5.77. The van der Waals surface area contributed by atoms with Crippen molar-refractivity contribution in [2.45, 2.75) is 0 Å². The maximum Gasteiger partial charge on any atom is 0.116 e. The van der Waals surface area contributed by atoms with Gasteiger partial charge in [0, 0.05) is 44.0 Å². The smallest absolute Gasteiger partial charge is 0.116 e. The Bertz CT molecular complexity index is 2410. The first-order chi connectivity index (χ1) is 22.7. The number of aromatic hydroxyl groups is 2. The van der Waals surface area contributed by atoms with Crippen molar-refractivity contribution in [3.8, 4) is 45.1 Å². The Hall–Kier alpha value is -6.26. The summed E-state index contributed by atoms with van der Waals surface area (Å²) in [7, 11) is 0. The number of benzene rings is 7. The van der Waals surface area contributed by atoms with Crippen LogP contribution in [0.2, 0.25) is 0 Å². The summed E-state index contributed by atoms with van der Waals surface area (Å²) in [5.74, 6) is 0.426. The summed E-state index contributed by atoms with van der Waals surface area (Å²) < 4.78 is 4.70. The highest BCUT2D eigenvalue weighted by molar-refractivity contribution is 6.33. The van der Waals surface area contributed by atoms with Gasteiger partial charge >= 0.3 is 0 Å². The van der Waals surface area contributed by atoms with Crippen molar-refractivity contribution in [3.63, 3.8) is 0 Å². The maximum absolute atomic E-state index is 10.9. The average molecular weight is 593 g/mol. The summed E-state index contributed by atoms with van der Waals surface area (Å²) in [6.07, 6.45) is 0. The Balaban J connectivity index is 1.68. The average Bonchev–Trinajstić information content (AvgIpc) is 3.61. The van der Waals surface area contributed by atoms with Crippen molar-refractivity contribution in [2.75, 3.05) is 0 Å². The molecule has 0 bridgehead atoms. The SMILES string of the molecule is Oc1cccc(-c2c3c4ccccc4n(-c4ccccc4)c3c(-c3cccc(O)c3)c3c4ccccc4n(-c4ccccc4)c23)c1. The molecule has 9 rings (SSSR count). The lowest BCUT2D eigenvalue weighted by atomic mass is 9.89. The molecule has 46 heavy (non-hydrogen) atoms. The monoisotopic (exact) mass is 592 g/mol. The Labute approximate surface area is 265 Å². The van der Waals surface area contributed by atoms with Gasteiger partial charge in [0.15, 0.2) is 0 Å². The fourth-order valence-corrected chi connectivity index (χ4v) is 7.27. The molecule has 2 heterocycles. The van der Waals surface area contributed by atoms with Crippen molar-refractivity contribution < 1.29 is 10.2 Å². The van der Waals surface area contributed by atoms with Crippen LogP contribution in [0.1, 0.15) is 0 Å². The normalized spacial score (nSPS) is 11.7. The highest BCUT2D eigenvalue weighted by Crippen LogP contribution is 2.52. The number of aromatic nitrogens is 2. The molecule has 0 aliphatic rings. The molecule has 9 aromatic rings. The first kappa shape index (κ1) is 26.2. The van der Waals surface area contributed by atoms with E-state index in [2.05, 4.69) is 118 Å². The van der Waals surface area contributed by atoms with Gasteiger partial charge in [-0.3, -0.25) is 0 Å². The number of hydrogen-bond donors (Lipinski definition) is 2. The van der Waals surface area contributed by atoms with E-state index >= 15 is 0 Å². The largest absolute Gasteiger partial charge is 0.508 e. The van der Waals surface area contributed by atoms with E-state index in [4.69, 9.17) is 0 Å². The molecule has 0 fully saturated rings. The quantitative estimate of drug-likeness (QED) is 0.214. The first-order valence-electron chi connectivity index (χ1n) is 15.4. The van der Waals surface area contributed by atoms with E-state index in [0.717, 1.165) is 77.2 Å². The molecule has 218 valence electrons. The van der Waals surface area contributed by atoms with E-state index in [9.17, 15) is 10.2 Å². The van der Waals surface area contributed by atoms with E-state index in [1.54, 1.807) is 12.1 Å². The molecule has 2 aromatic heterocycles. The lowest BCUT2D eigenvalue weighted by Gasteiger charge is -2.18. The van der Waals surface area contributed by atoms with Crippen molar-refractivity contribution in [1.82, 2.24) is 9.13 Å². The van der Waals surface area contributed by atoms with Crippen molar-refractivity contribution in [3.05, 3.63) is 158 Å². The van der Waals surface area contributed by atoms with Gasteiger partial charge in [-0.2, -0.15) is 0 Å². The lowest BCUT2D eigenvalue weighted by molar-refractivity contribution is 0.475. The molecule has 0 atom stereocenters. The molecule has 4 heteroatoms. The third kappa shape index (κ3) is 3.80. The second kappa shape index (κ2) is 10.1. The summed E-state index contributed by atoms with van der Waals surface area (Å²) in [5.41, 5.74) is 10.3. The fourth-order valence-electron chi connectivity index (χ4n) is 7.27. The molecular weight excluding hydrogens is 564 g/mol. The predicted molar refractivity (Wildman–Crippen MR) is 189 cm³/mol. The van der Waals surface area contributed by atoms with Gasteiger partial charge in [0.1, 0.15) is 11.5 Å². The zero-order valence-corrected chi connectivity index (χ0v) is 24.8. The molecule has 7 aromatic carbocycles. The summed E-state index contributed by atoms with van der Waals surface area (Å²) in [5, 5.41) is 26.1. The molecular formula is C42H28N2O2. The standard InChI is InChI=1S/C42H28N2O2/c45-31-19-11-13-27(25-31)37-40-34-22-8-10-24-36(34)44(30-17-5-2-6-18-30)42(40)38(28-14-12-20-32(46)26-28)39-33-21-7-9-23-35(33)43(41(37)39)29-15-3-1-4-16-29/h1-26,45-46H. The number of fused-ring (bicyclic) bond motifs is 6. The van der Waals surface area contributed by atoms with E-state index in [1.807, 2.05) is 36.4 Å². The summed E-state index contributed by atoms with van der Waals surface area (Å²) in [6.45, 7) is 0. The molecule has 4 nitrogen and oxygen atoms in total. The molecule has 0 saturated heterocycles. The summed E-state index contributed by atoms with van der Waals surface area (Å²) in [4.78, 5) is 0. The highest BCUT2D eigenvalue weighted by atomic mass is 16.3. The van der Waals surface area contributed by atoms with E-state index in [-0.39, 0.29) is 11.5 Å². The second-order valence-electron chi connectivity index (χ2n) is 11.7. The number of rotatable bonds is 4. The molecule has 0 radical (unpaired) electrons. The molecule has 0 saturated carbocycles. The molecule has 0 unspecified atom stereocenters. The van der Waals surface area contributed by atoms with Gasteiger partial charge in [-0.25, -0.2) is 0 Å². The van der Waals surface area contributed by atoms with Gasteiger partial charge in [0.2, 0.25) is 0 Å². The van der Waals surface area contributed by atoms with Gasteiger partial charge in [-0.15, -0.1) is 0 Å². The third-order valence-electron chi connectivity index (χ3n) is 9.02. The minimum absolute atomic E-state index is 0.213. The van der Waals surface area contributed by atoms with Gasteiger partial charge < -0.3 is 19.3 Å². The van der Waals surface area contributed by atoms with Crippen LogP contribution in [0.15, 0.2) is 158 Å². The number of nitrogens with zero attached hydrogens (tertiary/aromatic N) is 2. The Morgan fingerprint density at radius 2 is 0.761 bits per heavy atom. The second-order valence-corrected chi connectivity index (χ2v) is 11.7. The van der Waals surface area contributed by atoms with Gasteiger partial charge in [0.05, 0.1) is 22.1 Å². The maximum atomic E-state index is 10.9. The zero-order chi connectivity index (χ0) is 30.8. The van der Waals surface area contributed by atoms with E-state index < -0.39 is 0 Å². The number of phenols is 2. The van der Waals surface area contributed by atoms with Gasteiger partial charge in [0.25, 0.3) is 0 Å². The molecule has 2 N–H and O–H groups in total. The van der Waals surface area contributed by atoms with Crippen LogP contribution >= 0.6 is 0 Å². The van der Waals surface area contributed by atoms with Crippen molar-refractivity contribution >= 4 is 43.6 Å². The van der Waals surface area contributed by atoms with Crippen LogP contribution in [0.3, 0.4) is 0 Å². The van der Waals surface area contributed by atoms with Crippen LogP contribution in [0.4, 0.5) is 0 Å². The van der Waals surface area contributed by atoms with Gasteiger partial charge in [-0.05, 0) is 71.8 Å². The van der Waals surface area contributed by atoms with Gasteiger partial charge in [-0.1, -0.05) is 97.1 Å². The highest BCUT2D eigenvalue weighted by Gasteiger charge is 2.28. The topological polar surface area (TPSA) is 50.3 Å². The van der Waals surface area contributed by atoms with Crippen LogP contribution < -0.4 is 0 Å². The van der Waals surface area contributed by atoms with Crippen LogP contribution in [0, 0.1) is 0 Å². The van der Waals surface area contributed by atoms with Crippen LogP contribution in [0.25, 0.3) is 77.2 Å². The Morgan fingerprint density at radius 3 is 1.17 bits per heavy atom. The molecule has 0 spiro atoms. The van der Waals surface area contributed by atoms with E-state index in [1.165, 1.54) is 0 Å². The first-order valence-corrected chi connectivity index (χ1v) is 15.4. The summed E-state index contributed by atoms with van der Waals surface area (Å²) >= 11 is 0. The van der Waals surface area contributed by atoms with Crippen molar-refractivity contribution in [2.24, 2.45) is 0 Å². The number of hydrogen-bond acceptors (Lipinski definition) is 2. The molecule has 0 aliphatic heterocycles. The Morgan fingerprint density at radius 1 is 0.370 bits per heavy atom. The number of phenolic OH excluding ortho intramolecular Hbond substituents is 2. The molecule has 0 amide bonds. The summed E-state index contributed by atoms with van der Waals surface area (Å²) in [6, 6.07) is 53.2. The predicted octanol–water partition coefficient (Wildman–Crippen LogP) is 10.6. The van der Waals surface area contributed by atoms with Crippen LogP contribution in [0.5, 0.6) is 11.5 Å². The number of para-hydroxylation sites is 4. The lowest BCUT2D eigenvalue weighted by Crippen LogP contribution is -1.99. The minimum atomic E-state index is 0.213.